The molecule has 0 aromatic carbocycles. The van der Waals surface area contributed by atoms with Crippen molar-refractivity contribution < 1.29 is 14.3 Å². The van der Waals surface area contributed by atoms with Crippen molar-refractivity contribution in [3.63, 3.8) is 0 Å². The Morgan fingerprint density at radius 2 is 1.80 bits per heavy atom. The summed E-state index contributed by atoms with van der Waals surface area (Å²) in [5.74, 6) is 0.186. The molecule has 1 atom stereocenters. The lowest BCUT2D eigenvalue weighted by Gasteiger charge is -2.28. The summed E-state index contributed by atoms with van der Waals surface area (Å²) in [6, 6.07) is -0.401. The summed E-state index contributed by atoms with van der Waals surface area (Å²) in [5, 5.41) is 0. The van der Waals surface area contributed by atoms with Crippen LogP contribution in [0.4, 0.5) is 0 Å². The van der Waals surface area contributed by atoms with Gasteiger partial charge in [-0.3, -0.25) is 4.79 Å². The van der Waals surface area contributed by atoms with E-state index < -0.39 is 11.6 Å². The third-order valence-corrected chi connectivity index (χ3v) is 4.14. The number of thioether (sulfide) groups is 1. The van der Waals surface area contributed by atoms with Crippen LogP contribution < -0.4 is 0 Å². The van der Waals surface area contributed by atoms with Gasteiger partial charge in [0.1, 0.15) is 11.6 Å². The van der Waals surface area contributed by atoms with Crippen LogP contribution in [-0.4, -0.2) is 45.5 Å². The Morgan fingerprint density at radius 3 is 2.30 bits per heavy atom. The van der Waals surface area contributed by atoms with Crippen LogP contribution in [-0.2, 0) is 14.3 Å². The molecule has 116 valence electrons. The minimum absolute atomic E-state index is 0.0401. The van der Waals surface area contributed by atoms with Gasteiger partial charge in [-0.15, -0.1) is 11.8 Å². The van der Waals surface area contributed by atoms with Crippen molar-refractivity contribution in [3.05, 3.63) is 0 Å². The van der Waals surface area contributed by atoms with Crippen molar-refractivity contribution >= 4 is 23.6 Å². The monoisotopic (exact) mass is 301 g/mol. The van der Waals surface area contributed by atoms with Crippen LogP contribution in [0.1, 0.15) is 54.4 Å². The molecule has 0 aliphatic carbocycles. The molecular formula is C15H27NO3S. The van der Waals surface area contributed by atoms with Crippen LogP contribution in [0.15, 0.2) is 0 Å². The predicted molar refractivity (Wildman–Crippen MR) is 82.8 cm³/mol. The summed E-state index contributed by atoms with van der Waals surface area (Å²) < 4.78 is 5.46. The van der Waals surface area contributed by atoms with Gasteiger partial charge in [0.25, 0.3) is 0 Å². The van der Waals surface area contributed by atoms with Gasteiger partial charge in [-0.25, -0.2) is 4.79 Å². The number of hydrogen-bond acceptors (Lipinski definition) is 4. The van der Waals surface area contributed by atoms with Gasteiger partial charge in [0.2, 0.25) is 5.91 Å². The fraction of sp³-hybridized carbons (Fsp3) is 0.867. The molecule has 0 N–H and O–H groups in total. The van der Waals surface area contributed by atoms with Gasteiger partial charge in [0.05, 0.1) is 5.75 Å². The standard InChI is InChI=1S/C15H27NO3S/c1-14(2,3)19-13(18)11-8-7-9-16(11)12(17)10-20-15(4,5)6/h11H,7-10H2,1-6H3/t11-/m1/s1. The van der Waals surface area contributed by atoms with E-state index in [1.54, 1.807) is 16.7 Å². The van der Waals surface area contributed by atoms with E-state index >= 15 is 0 Å². The van der Waals surface area contributed by atoms with E-state index in [-0.39, 0.29) is 16.6 Å². The molecule has 1 rings (SSSR count). The van der Waals surface area contributed by atoms with Gasteiger partial charge in [-0.2, -0.15) is 0 Å². The molecule has 5 heteroatoms. The smallest absolute Gasteiger partial charge is 0.329 e. The Balaban J connectivity index is 2.60. The fourth-order valence-electron chi connectivity index (χ4n) is 2.04. The number of likely N-dealkylation sites (tertiary alicyclic amines) is 1. The van der Waals surface area contributed by atoms with Crippen molar-refractivity contribution in [2.75, 3.05) is 12.3 Å². The maximum Gasteiger partial charge on any atom is 0.329 e. The highest BCUT2D eigenvalue weighted by atomic mass is 32.2. The third-order valence-electron chi connectivity index (χ3n) is 2.88. The van der Waals surface area contributed by atoms with E-state index in [0.29, 0.717) is 18.7 Å². The predicted octanol–water partition coefficient (Wildman–Crippen LogP) is 2.85. The number of carbonyl (C=O) groups excluding carboxylic acids is 2. The first-order valence-electron chi connectivity index (χ1n) is 7.16. The first-order chi connectivity index (χ1) is 8.99. The number of rotatable bonds is 3. The second-order valence-corrected chi connectivity index (χ2v) is 8.98. The van der Waals surface area contributed by atoms with Crippen molar-refractivity contribution in [2.45, 2.75) is 70.8 Å². The second-order valence-electron chi connectivity index (χ2n) is 7.18. The summed E-state index contributed by atoms with van der Waals surface area (Å²) in [7, 11) is 0. The molecule has 0 spiro atoms. The maximum absolute atomic E-state index is 12.3. The van der Waals surface area contributed by atoms with E-state index in [9.17, 15) is 9.59 Å². The summed E-state index contributed by atoms with van der Waals surface area (Å²) in [6.45, 7) is 12.5. The number of carbonyl (C=O) groups is 2. The number of amides is 1. The molecule has 1 heterocycles. The summed E-state index contributed by atoms with van der Waals surface area (Å²) in [6.07, 6.45) is 1.58. The minimum Gasteiger partial charge on any atom is -0.458 e. The number of ether oxygens (including phenoxy) is 1. The molecule has 1 aliphatic rings. The molecule has 0 saturated carbocycles. The Morgan fingerprint density at radius 1 is 1.20 bits per heavy atom. The lowest BCUT2D eigenvalue weighted by atomic mass is 10.1. The summed E-state index contributed by atoms with van der Waals surface area (Å²) >= 11 is 1.61. The molecule has 0 aromatic rings. The lowest BCUT2D eigenvalue weighted by molar-refractivity contribution is -0.162. The van der Waals surface area contributed by atoms with Gasteiger partial charge in [0.15, 0.2) is 0 Å². The average molecular weight is 301 g/mol. The topological polar surface area (TPSA) is 46.6 Å². The Hall–Kier alpha value is -0.710. The fourth-order valence-corrected chi connectivity index (χ4v) is 2.76. The molecule has 20 heavy (non-hydrogen) atoms. The van der Waals surface area contributed by atoms with E-state index in [1.807, 2.05) is 20.8 Å². The zero-order chi connectivity index (χ0) is 15.6. The molecule has 0 radical (unpaired) electrons. The zero-order valence-electron chi connectivity index (χ0n) is 13.5. The number of esters is 1. The van der Waals surface area contributed by atoms with Crippen molar-refractivity contribution in [1.82, 2.24) is 4.90 Å². The Labute approximate surface area is 126 Å². The Bertz CT molecular complexity index is 368. The number of hydrogen-bond donors (Lipinski definition) is 0. The minimum atomic E-state index is -0.505. The van der Waals surface area contributed by atoms with Crippen LogP contribution in [0.25, 0.3) is 0 Å². The molecule has 1 amide bonds. The van der Waals surface area contributed by atoms with E-state index in [2.05, 4.69) is 20.8 Å². The highest BCUT2D eigenvalue weighted by Gasteiger charge is 2.36. The summed E-state index contributed by atoms with van der Waals surface area (Å²) in [4.78, 5) is 26.1. The van der Waals surface area contributed by atoms with Gasteiger partial charge in [-0.05, 0) is 33.6 Å². The highest BCUT2D eigenvalue weighted by molar-refractivity contribution is 8.01. The van der Waals surface area contributed by atoms with Crippen LogP contribution >= 0.6 is 11.8 Å². The quantitative estimate of drug-likeness (QED) is 0.752. The number of nitrogens with zero attached hydrogens (tertiary/aromatic N) is 1. The summed E-state index contributed by atoms with van der Waals surface area (Å²) in [5.41, 5.74) is -0.505. The molecule has 1 fully saturated rings. The van der Waals surface area contributed by atoms with Gasteiger partial charge in [0, 0.05) is 11.3 Å². The Kier molecular flexibility index (Phi) is 5.53. The van der Waals surface area contributed by atoms with E-state index in [1.165, 1.54) is 0 Å². The average Bonchev–Trinajstić information content (AvgIpc) is 2.71. The maximum atomic E-state index is 12.3. The van der Waals surface area contributed by atoms with Crippen molar-refractivity contribution in [1.29, 1.82) is 0 Å². The molecule has 1 saturated heterocycles. The second kappa shape index (κ2) is 6.37. The van der Waals surface area contributed by atoms with Crippen LogP contribution in [0.5, 0.6) is 0 Å². The van der Waals surface area contributed by atoms with Gasteiger partial charge < -0.3 is 9.64 Å². The van der Waals surface area contributed by atoms with Crippen LogP contribution in [0.3, 0.4) is 0 Å². The van der Waals surface area contributed by atoms with Crippen molar-refractivity contribution in [2.24, 2.45) is 0 Å². The zero-order valence-corrected chi connectivity index (χ0v) is 14.3. The normalized spacial score (nSPS) is 20.1. The molecule has 1 aliphatic heterocycles. The van der Waals surface area contributed by atoms with Gasteiger partial charge >= 0.3 is 5.97 Å². The lowest BCUT2D eigenvalue weighted by Crippen LogP contribution is -2.44. The first-order valence-corrected chi connectivity index (χ1v) is 8.14. The highest BCUT2D eigenvalue weighted by Crippen LogP contribution is 2.26. The van der Waals surface area contributed by atoms with E-state index in [4.69, 9.17) is 4.74 Å². The molecule has 0 bridgehead atoms. The first kappa shape index (κ1) is 17.3. The largest absolute Gasteiger partial charge is 0.458 e. The molecular weight excluding hydrogens is 274 g/mol. The molecule has 0 unspecified atom stereocenters. The third kappa shape index (κ3) is 5.73. The SMILES string of the molecule is CC(C)(C)OC(=O)[C@H]1CCCN1C(=O)CSC(C)(C)C. The van der Waals surface area contributed by atoms with Crippen molar-refractivity contribution in [3.8, 4) is 0 Å². The van der Waals surface area contributed by atoms with Crippen LogP contribution in [0, 0.1) is 0 Å². The molecule has 0 aromatic heterocycles. The van der Waals surface area contributed by atoms with E-state index in [0.717, 1.165) is 6.42 Å². The van der Waals surface area contributed by atoms with Crippen LogP contribution in [0.2, 0.25) is 0 Å². The van der Waals surface area contributed by atoms with Gasteiger partial charge in [-0.1, -0.05) is 20.8 Å². The molecule has 4 nitrogen and oxygen atoms in total.